The zero-order chi connectivity index (χ0) is 13.8. The molecule has 0 N–H and O–H groups in total. The van der Waals surface area contributed by atoms with Gasteiger partial charge < -0.3 is 9.64 Å². The van der Waals surface area contributed by atoms with Crippen LogP contribution in [0, 0.1) is 0 Å². The number of amides is 1. The van der Waals surface area contributed by atoms with Crippen molar-refractivity contribution in [1.82, 2.24) is 4.90 Å². The van der Waals surface area contributed by atoms with Crippen LogP contribution >= 0.6 is 11.8 Å². The highest BCUT2D eigenvalue weighted by Crippen LogP contribution is 2.23. The summed E-state index contributed by atoms with van der Waals surface area (Å²) in [5, 5.41) is 0.176. The van der Waals surface area contributed by atoms with Crippen LogP contribution in [-0.2, 0) is 6.54 Å². The van der Waals surface area contributed by atoms with E-state index in [9.17, 15) is 4.79 Å². The third-order valence-electron chi connectivity index (χ3n) is 3.12. The smallest absolute Gasteiger partial charge is 0.282 e. The molecule has 3 nitrogen and oxygen atoms in total. The summed E-state index contributed by atoms with van der Waals surface area (Å²) in [7, 11) is 0. The van der Waals surface area contributed by atoms with Crippen molar-refractivity contribution in [2.24, 2.45) is 0 Å². The second-order valence-corrected chi connectivity index (χ2v) is 5.64. The summed E-state index contributed by atoms with van der Waals surface area (Å²) in [6.07, 6.45) is 0. The SMILES string of the molecule is O=C1SCCN1Cc1ccc(Oc2ccccc2)cc1. The largest absolute Gasteiger partial charge is 0.457 e. The lowest BCUT2D eigenvalue weighted by Crippen LogP contribution is -2.22. The van der Waals surface area contributed by atoms with E-state index in [1.54, 1.807) is 0 Å². The van der Waals surface area contributed by atoms with E-state index in [4.69, 9.17) is 4.74 Å². The van der Waals surface area contributed by atoms with Crippen LogP contribution in [0.3, 0.4) is 0 Å². The maximum Gasteiger partial charge on any atom is 0.282 e. The van der Waals surface area contributed by atoms with Gasteiger partial charge in [0, 0.05) is 18.8 Å². The lowest BCUT2D eigenvalue weighted by molar-refractivity contribution is 0.228. The fraction of sp³-hybridized carbons (Fsp3) is 0.188. The van der Waals surface area contributed by atoms with Crippen LogP contribution in [-0.4, -0.2) is 22.4 Å². The van der Waals surface area contributed by atoms with E-state index < -0.39 is 0 Å². The minimum Gasteiger partial charge on any atom is -0.457 e. The van der Waals surface area contributed by atoms with E-state index in [1.807, 2.05) is 59.5 Å². The monoisotopic (exact) mass is 285 g/mol. The molecule has 2 aromatic rings. The van der Waals surface area contributed by atoms with Gasteiger partial charge in [0.1, 0.15) is 11.5 Å². The predicted octanol–water partition coefficient (Wildman–Crippen LogP) is 4.15. The molecule has 0 aliphatic carbocycles. The van der Waals surface area contributed by atoms with Crippen molar-refractivity contribution in [2.45, 2.75) is 6.54 Å². The predicted molar refractivity (Wildman–Crippen MR) is 81.2 cm³/mol. The van der Waals surface area contributed by atoms with Crippen molar-refractivity contribution in [1.29, 1.82) is 0 Å². The molecule has 1 amide bonds. The number of carbonyl (C=O) groups excluding carboxylic acids is 1. The van der Waals surface area contributed by atoms with Gasteiger partial charge in [0.15, 0.2) is 0 Å². The van der Waals surface area contributed by atoms with Crippen LogP contribution in [0.4, 0.5) is 4.79 Å². The number of ether oxygens (including phenoxy) is 1. The van der Waals surface area contributed by atoms with Crippen LogP contribution in [0.2, 0.25) is 0 Å². The molecule has 0 spiro atoms. The third-order valence-corrected chi connectivity index (χ3v) is 4.01. The van der Waals surface area contributed by atoms with Crippen LogP contribution in [0.15, 0.2) is 54.6 Å². The number of hydrogen-bond acceptors (Lipinski definition) is 3. The molecule has 0 unspecified atom stereocenters. The second-order valence-electron chi connectivity index (χ2n) is 4.59. The van der Waals surface area contributed by atoms with Crippen LogP contribution in [0.5, 0.6) is 11.5 Å². The number of benzene rings is 2. The molecule has 0 bridgehead atoms. The fourth-order valence-electron chi connectivity index (χ4n) is 2.08. The van der Waals surface area contributed by atoms with E-state index in [-0.39, 0.29) is 5.24 Å². The van der Waals surface area contributed by atoms with Gasteiger partial charge in [-0.2, -0.15) is 0 Å². The summed E-state index contributed by atoms with van der Waals surface area (Å²) < 4.78 is 5.74. The molecule has 1 saturated heterocycles. The first-order chi connectivity index (χ1) is 9.81. The molecule has 3 rings (SSSR count). The number of rotatable bonds is 4. The van der Waals surface area contributed by atoms with Gasteiger partial charge >= 0.3 is 0 Å². The quantitative estimate of drug-likeness (QED) is 0.845. The molecule has 0 atom stereocenters. The van der Waals surface area contributed by atoms with E-state index in [2.05, 4.69) is 0 Å². The van der Waals surface area contributed by atoms with Gasteiger partial charge in [0.2, 0.25) is 0 Å². The molecule has 0 saturated carbocycles. The molecular formula is C16H15NO2S. The molecule has 1 heterocycles. The van der Waals surface area contributed by atoms with Gasteiger partial charge in [-0.1, -0.05) is 42.1 Å². The van der Waals surface area contributed by atoms with Gasteiger partial charge in [-0.25, -0.2) is 0 Å². The molecule has 1 aliphatic heterocycles. The van der Waals surface area contributed by atoms with Crippen molar-refractivity contribution in [2.75, 3.05) is 12.3 Å². The molecule has 4 heteroatoms. The average molecular weight is 285 g/mol. The standard InChI is InChI=1S/C16H15NO2S/c18-16-17(10-11-20-16)12-13-6-8-15(9-7-13)19-14-4-2-1-3-5-14/h1-9H,10-12H2. The van der Waals surface area contributed by atoms with Crippen LogP contribution in [0.25, 0.3) is 0 Å². The van der Waals surface area contributed by atoms with E-state index in [0.29, 0.717) is 6.54 Å². The topological polar surface area (TPSA) is 29.5 Å². The highest BCUT2D eigenvalue weighted by atomic mass is 32.2. The molecule has 1 aliphatic rings. The number of hydrogen-bond donors (Lipinski definition) is 0. The lowest BCUT2D eigenvalue weighted by Gasteiger charge is -2.14. The summed E-state index contributed by atoms with van der Waals surface area (Å²) in [4.78, 5) is 13.4. The van der Waals surface area contributed by atoms with E-state index in [1.165, 1.54) is 11.8 Å². The molecule has 102 valence electrons. The van der Waals surface area contributed by atoms with Crippen molar-refractivity contribution in [3.05, 3.63) is 60.2 Å². The Hall–Kier alpha value is -1.94. The number of para-hydroxylation sites is 1. The maximum absolute atomic E-state index is 11.6. The Balaban J connectivity index is 1.64. The number of thioether (sulfide) groups is 1. The van der Waals surface area contributed by atoms with Crippen LogP contribution in [0.1, 0.15) is 5.56 Å². The molecule has 1 fully saturated rings. The fourth-order valence-corrected chi connectivity index (χ4v) is 2.90. The summed E-state index contributed by atoms with van der Waals surface area (Å²) in [6.45, 7) is 1.52. The highest BCUT2D eigenvalue weighted by Gasteiger charge is 2.20. The highest BCUT2D eigenvalue weighted by molar-refractivity contribution is 8.13. The summed E-state index contributed by atoms with van der Waals surface area (Å²) in [5.74, 6) is 2.53. The Morgan fingerprint density at radius 1 is 1.00 bits per heavy atom. The zero-order valence-electron chi connectivity index (χ0n) is 11.0. The number of nitrogens with zero attached hydrogens (tertiary/aromatic N) is 1. The van der Waals surface area contributed by atoms with Gasteiger partial charge in [-0.05, 0) is 29.8 Å². The Morgan fingerprint density at radius 2 is 1.70 bits per heavy atom. The first kappa shape index (κ1) is 13.1. The average Bonchev–Trinajstić information content (AvgIpc) is 2.88. The first-order valence-corrected chi connectivity index (χ1v) is 7.53. The molecular weight excluding hydrogens is 270 g/mol. The third kappa shape index (κ3) is 3.14. The van der Waals surface area contributed by atoms with E-state index >= 15 is 0 Å². The van der Waals surface area contributed by atoms with Gasteiger partial charge in [-0.15, -0.1) is 0 Å². The molecule has 0 aromatic heterocycles. The number of carbonyl (C=O) groups is 1. The van der Waals surface area contributed by atoms with E-state index in [0.717, 1.165) is 29.4 Å². The van der Waals surface area contributed by atoms with Crippen molar-refractivity contribution in [3.8, 4) is 11.5 Å². The summed E-state index contributed by atoms with van der Waals surface area (Å²) >= 11 is 1.39. The van der Waals surface area contributed by atoms with Crippen LogP contribution < -0.4 is 4.74 Å². The van der Waals surface area contributed by atoms with Gasteiger partial charge in [0.05, 0.1) is 0 Å². The molecule has 2 aromatic carbocycles. The van der Waals surface area contributed by atoms with Crippen molar-refractivity contribution >= 4 is 17.0 Å². The second kappa shape index (κ2) is 6.01. The Kier molecular flexibility index (Phi) is 3.92. The molecule has 20 heavy (non-hydrogen) atoms. The first-order valence-electron chi connectivity index (χ1n) is 6.55. The normalized spacial score (nSPS) is 14.6. The maximum atomic E-state index is 11.6. The zero-order valence-corrected chi connectivity index (χ0v) is 11.8. The van der Waals surface area contributed by atoms with Gasteiger partial charge in [-0.3, -0.25) is 4.79 Å². The summed E-state index contributed by atoms with van der Waals surface area (Å²) in [6, 6.07) is 17.6. The lowest BCUT2D eigenvalue weighted by atomic mass is 10.2. The van der Waals surface area contributed by atoms with Gasteiger partial charge in [0.25, 0.3) is 5.24 Å². The Labute approximate surface area is 122 Å². The van der Waals surface area contributed by atoms with Crippen molar-refractivity contribution in [3.63, 3.8) is 0 Å². The Morgan fingerprint density at radius 3 is 2.35 bits per heavy atom. The minimum absolute atomic E-state index is 0.176. The summed E-state index contributed by atoms with van der Waals surface area (Å²) in [5.41, 5.74) is 1.13. The molecule has 0 radical (unpaired) electrons. The minimum atomic E-state index is 0.176. The van der Waals surface area contributed by atoms with Crippen molar-refractivity contribution < 1.29 is 9.53 Å². The Bertz CT molecular complexity index is 583.